The zero-order valence-electron chi connectivity index (χ0n) is 12.1. The molecular formula is C15H22N4OS. The maximum absolute atomic E-state index is 5.80. The van der Waals surface area contributed by atoms with E-state index in [1.165, 1.54) is 32.4 Å². The second kappa shape index (κ2) is 8.59. The number of rotatable bonds is 6. The van der Waals surface area contributed by atoms with Crippen LogP contribution in [0.3, 0.4) is 0 Å². The van der Waals surface area contributed by atoms with E-state index in [2.05, 4.69) is 27.6 Å². The van der Waals surface area contributed by atoms with Gasteiger partial charge in [0.2, 0.25) is 0 Å². The van der Waals surface area contributed by atoms with E-state index in [1.807, 2.05) is 24.3 Å². The molecule has 1 saturated heterocycles. The molecule has 1 heterocycles. The van der Waals surface area contributed by atoms with Crippen molar-refractivity contribution in [3.63, 3.8) is 0 Å². The lowest BCUT2D eigenvalue weighted by Gasteiger charge is -2.26. The van der Waals surface area contributed by atoms with E-state index >= 15 is 0 Å². The molecular weight excluding hydrogens is 284 g/mol. The third-order valence-electron chi connectivity index (χ3n) is 3.37. The van der Waals surface area contributed by atoms with Gasteiger partial charge in [-0.2, -0.15) is 5.10 Å². The highest BCUT2D eigenvalue weighted by Crippen LogP contribution is 2.13. The molecule has 0 spiro atoms. The molecule has 0 bridgehead atoms. The van der Waals surface area contributed by atoms with Gasteiger partial charge in [0.25, 0.3) is 0 Å². The zero-order valence-corrected chi connectivity index (χ0v) is 12.9. The van der Waals surface area contributed by atoms with Crippen molar-refractivity contribution < 1.29 is 4.74 Å². The van der Waals surface area contributed by atoms with Gasteiger partial charge < -0.3 is 10.5 Å². The van der Waals surface area contributed by atoms with Crippen LogP contribution in [0, 0.1) is 0 Å². The van der Waals surface area contributed by atoms with Crippen molar-refractivity contribution in [3.05, 3.63) is 29.8 Å². The van der Waals surface area contributed by atoms with Gasteiger partial charge in [-0.25, -0.2) is 0 Å². The molecule has 0 unspecified atom stereocenters. The van der Waals surface area contributed by atoms with E-state index in [1.54, 1.807) is 6.21 Å². The summed E-state index contributed by atoms with van der Waals surface area (Å²) in [6, 6.07) is 7.79. The van der Waals surface area contributed by atoms with Gasteiger partial charge in [-0.3, -0.25) is 10.3 Å². The number of piperidine rings is 1. The Labute approximate surface area is 131 Å². The monoisotopic (exact) mass is 306 g/mol. The van der Waals surface area contributed by atoms with Crippen molar-refractivity contribution in [2.75, 3.05) is 26.2 Å². The topological polar surface area (TPSA) is 62.9 Å². The number of nitrogens with one attached hydrogen (secondary N) is 1. The molecule has 0 aromatic heterocycles. The van der Waals surface area contributed by atoms with Gasteiger partial charge in [0.15, 0.2) is 5.11 Å². The van der Waals surface area contributed by atoms with E-state index in [-0.39, 0.29) is 5.11 Å². The minimum absolute atomic E-state index is 0.153. The van der Waals surface area contributed by atoms with Crippen LogP contribution < -0.4 is 15.9 Å². The van der Waals surface area contributed by atoms with Crippen LogP contribution in [-0.4, -0.2) is 42.5 Å². The number of hydrogen-bond donors (Lipinski definition) is 2. The average molecular weight is 306 g/mol. The highest BCUT2D eigenvalue weighted by molar-refractivity contribution is 7.80. The van der Waals surface area contributed by atoms with E-state index in [4.69, 9.17) is 10.5 Å². The second-order valence-corrected chi connectivity index (χ2v) is 5.50. The van der Waals surface area contributed by atoms with Crippen molar-refractivity contribution in [1.29, 1.82) is 0 Å². The predicted molar refractivity (Wildman–Crippen MR) is 89.7 cm³/mol. The van der Waals surface area contributed by atoms with Crippen LogP contribution in [0.4, 0.5) is 0 Å². The van der Waals surface area contributed by atoms with Gasteiger partial charge >= 0.3 is 0 Å². The van der Waals surface area contributed by atoms with E-state index < -0.39 is 0 Å². The zero-order chi connectivity index (χ0) is 14.9. The first kappa shape index (κ1) is 15.7. The minimum Gasteiger partial charge on any atom is -0.492 e. The largest absolute Gasteiger partial charge is 0.492 e. The Bertz CT molecular complexity index is 486. The fourth-order valence-corrected chi connectivity index (χ4v) is 2.38. The van der Waals surface area contributed by atoms with E-state index in [9.17, 15) is 0 Å². The van der Waals surface area contributed by atoms with Crippen LogP contribution in [0.2, 0.25) is 0 Å². The van der Waals surface area contributed by atoms with Gasteiger partial charge in [0.05, 0.1) is 6.21 Å². The van der Waals surface area contributed by atoms with Crippen LogP contribution in [0.25, 0.3) is 0 Å². The van der Waals surface area contributed by atoms with Gasteiger partial charge in [-0.1, -0.05) is 18.6 Å². The maximum atomic E-state index is 5.80. The number of benzene rings is 1. The molecule has 1 aromatic rings. The molecule has 0 saturated carbocycles. The summed E-state index contributed by atoms with van der Waals surface area (Å²) in [6.45, 7) is 4.09. The Balaban J connectivity index is 1.77. The Hall–Kier alpha value is -1.66. The number of hydrazone groups is 1. The fourth-order valence-electron chi connectivity index (χ4n) is 2.33. The first-order valence-electron chi connectivity index (χ1n) is 7.28. The molecule has 1 aliphatic heterocycles. The lowest BCUT2D eigenvalue weighted by atomic mass is 10.1. The van der Waals surface area contributed by atoms with Crippen molar-refractivity contribution in [3.8, 4) is 5.75 Å². The summed E-state index contributed by atoms with van der Waals surface area (Å²) in [5.74, 6) is 0.853. The standard InChI is InChI=1S/C15H22N4OS/c16-15(21)18-17-12-13-5-4-6-14(11-13)20-10-9-19-7-2-1-3-8-19/h4-6,11-12H,1-3,7-10H2,(H3,16,18,21). The van der Waals surface area contributed by atoms with Crippen molar-refractivity contribution in [2.24, 2.45) is 10.8 Å². The molecule has 114 valence electrons. The number of likely N-dealkylation sites (tertiary alicyclic amines) is 1. The summed E-state index contributed by atoms with van der Waals surface area (Å²) in [5, 5.41) is 4.08. The molecule has 0 atom stereocenters. The molecule has 0 radical (unpaired) electrons. The predicted octanol–water partition coefficient (Wildman–Crippen LogP) is 1.72. The maximum Gasteiger partial charge on any atom is 0.184 e. The van der Waals surface area contributed by atoms with Crippen LogP contribution >= 0.6 is 12.2 Å². The van der Waals surface area contributed by atoms with E-state index in [0.717, 1.165) is 17.9 Å². The molecule has 3 N–H and O–H groups in total. The van der Waals surface area contributed by atoms with Gasteiger partial charge in [-0.05, 0) is 55.8 Å². The third-order valence-corrected chi connectivity index (χ3v) is 3.46. The molecule has 5 nitrogen and oxygen atoms in total. The Kier molecular flexibility index (Phi) is 6.43. The van der Waals surface area contributed by atoms with Gasteiger partial charge in [-0.15, -0.1) is 0 Å². The average Bonchev–Trinajstić information content (AvgIpc) is 2.48. The number of nitrogens with zero attached hydrogens (tertiary/aromatic N) is 2. The Morgan fingerprint density at radius 2 is 2.19 bits per heavy atom. The fraction of sp³-hybridized carbons (Fsp3) is 0.467. The number of nitrogens with two attached hydrogens (primary N) is 1. The highest BCUT2D eigenvalue weighted by Gasteiger charge is 2.09. The molecule has 0 aliphatic carbocycles. The molecule has 0 amide bonds. The van der Waals surface area contributed by atoms with Crippen LogP contribution in [0.15, 0.2) is 29.4 Å². The third kappa shape index (κ3) is 6.10. The normalized spacial score (nSPS) is 16.0. The molecule has 1 fully saturated rings. The summed E-state index contributed by atoms with van der Waals surface area (Å²) in [5.41, 5.74) is 8.77. The number of ether oxygens (including phenoxy) is 1. The van der Waals surface area contributed by atoms with Crippen LogP contribution in [0.5, 0.6) is 5.75 Å². The van der Waals surface area contributed by atoms with Gasteiger partial charge in [0, 0.05) is 6.54 Å². The van der Waals surface area contributed by atoms with Gasteiger partial charge in [0.1, 0.15) is 12.4 Å². The summed E-state index contributed by atoms with van der Waals surface area (Å²) in [6.07, 6.45) is 5.64. The second-order valence-electron chi connectivity index (χ2n) is 5.06. The molecule has 21 heavy (non-hydrogen) atoms. The Morgan fingerprint density at radius 3 is 2.95 bits per heavy atom. The molecule has 6 heteroatoms. The summed E-state index contributed by atoms with van der Waals surface area (Å²) in [7, 11) is 0. The van der Waals surface area contributed by atoms with Crippen molar-refractivity contribution in [2.45, 2.75) is 19.3 Å². The Morgan fingerprint density at radius 1 is 1.38 bits per heavy atom. The number of hydrogen-bond acceptors (Lipinski definition) is 4. The van der Waals surface area contributed by atoms with Crippen LogP contribution in [-0.2, 0) is 0 Å². The van der Waals surface area contributed by atoms with Crippen molar-refractivity contribution in [1.82, 2.24) is 10.3 Å². The summed E-state index contributed by atoms with van der Waals surface area (Å²) < 4.78 is 5.80. The smallest absolute Gasteiger partial charge is 0.184 e. The molecule has 1 aliphatic rings. The first-order chi connectivity index (χ1) is 10.2. The number of thiocarbonyl (C=S) groups is 1. The lowest BCUT2D eigenvalue weighted by Crippen LogP contribution is -2.33. The lowest BCUT2D eigenvalue weighted by molar-refractivity contribution is 0.183. The quantitative estimate of drug-likeness (QED) is 0.476. The summed E-state index contributed by atoms with van der Waals surface area (Å²) in [4.78, 5) is 2.46. The van der Waals surface area contributed by atoms with Crippen molar-refractivity contribution >= 4 is 23.5 Å². The molecule has 2 rings (SSSR count). The first-order valence-corrected chi connectivity index (χ1v) is 7.68. The SMILES string of the molecule is NC(=S)NN=Cc1cccc(OCCN2CCCCC2)c1. The van der Waals surface area contributed by atoms with Crippen LogP contribution in [0.1, 0.15) is 24.8 Å². The summed E-state index contributed by atoms with van der Waals surface area (Å²) >= 11 is 4.68. The van der Waals surface area contributed by atoms with E-state index in [0.29, 0.717) is 6.61 Å². The highest BCUT2D eigenvalue weighted by atomic mass is 32.1. The minimum atomic E-state index is 0.153. The molecule has 1 aromatic carbocycles.